The monoisotopic (exact) mass is 386 g/mol. The molecule has 0 aliphatic carbocycles. The molecule has 1 aliphatic rings. The van der Waals surface area contributed by atoms with E-state index in [4.69, 9.17) is 19.3 Å². The number of hydrogen-bond acceptors (Lipinski definition) is 7. The van der Waals surface area contributed by atoms with Gasteiger partial charge in [0.15, 0.2) is 12.5 Å². The van der Waals surface area contributed by atoms with Crippen molar-refractivity contribution in [2.45, 2.75) is 25.0 Å². The van der Waals surface area contributed by atoms with E-state index < -0.39 is 49.9 Å². The Morgan fingerprint density at radius 3 is 2.50 bits per heavy atom. The normalized spacial score (nSPS) is 26.5. The molecule has 0 saturated carbocycles. The molecule has 1 aromatic rings. The smallest absolute Gasteiger partial charge is 1.00 e. The minimum Gasteiger partial charge on any atom is -1.00 e. The number of nitrogens with zero attached hydrogens (tertiary/aromatic N) is 1. The first-order valence-electron chi connectivity index (χ1n) is 6.08. The number of aromatic nitrogens is 2. The molecule has 1 fully saturated rings. The number of ether oxygens (including phenoxy) is 2. The maximum atomic E-state index is 11.9. The number of hydrogen-bond donors (Lipinski definition) is 5. The molecular formula is C10H17N2Na2O9P. The van der Waals surface area contributed by atoms with Gasteiger partial charge in [0.05, 0.1) is 6.61 Å². The van der Waals surface area contributed by atoms with Crippen LogP contribution in [0.25, 0.3) is 0 Å². The predicted molar refractivity (Wildman–Crippen MR) is 72.2 cm³/mol. The first-order chi connectivity index (χ1) is 10.1. The van der Waals surface area contributed by atoms with Gasteiger partial charge in [0.2, 0.25) is 0 Å². The van der Waals surface area contributed by atoms with Crippen LogP contribution in [-0.4, -0.2) is 54.7 Å². The molecule has 5 N–H and O–H groups in total. The van der Waals surface area contributed by atoms with Crippen molar-refractivity contribution in [3.63, 3.8) is 0 Å². The van der Waals surface area contributed by atoms with E-state index in [-0.39, 0.29) is 67.5 Å². The van der Waals surface area contributed by atoms with Gasteiger partial charge in [-0.2, -0.15) is 0 Å². The maximum absolute atomic E-state index is 11.9. The van der Waals surface area contributed by atoms with E-state index in [1.54, 1.807) is 0 Å². The molecule has 14 heteroatoms. The van der Waals surface area contributed by atoms with E-state index in [1.165, 1.54) is 6.92 Å². The van der Waals surface area contributed by atoms with Crippen molar-refractivity contribution in [1.82, 2.24) is 9.55 Å². The second-order valence-electron chi connectivity index (χ2n) is 4.83. The molecule has 0 bridgehead atoms. The summed E-state index contributed by atoms with van der Waals surface area (Å²) in [4.78, 5) is 43.1. The number of aliphatic hydroxyl groups excluding tert-OH is 2. The molecule has 128 valence electrons. The predicted octanol–water partition coefficient (Wildman–Crippen LogP) is -8.41. The van der Waals surface area contributed by atoms with Crippen molar-refractivity contribution in [2.24, 2.45) is 0 Å². The van der Waals surface area contributed by atoms with Crippen molar-refractivity contribution < 1.29 is 96.0 Å². The Labute approximate surface area is 182 Å². The van der Waals surface area contributed by atoms with E-state index in [0.29, 0.717) is 4.57 Å². The third-order valence-corrected chi connectivity index (χ3v) is 3.56. The van der Waals surface area contributed by atoms with Gasteiger partial charge in [0.1, 0.15) is 6.10 Å². The molecule has 0 radical (unpaired) electrons. The summed E-state index contributed by atoms with van der Waals surface area (Å²) in [6.45, 7) is 0.927. The SMILES string of the molecule is Cc1cn([C@]2(OCP(=O)(O)O)OC[C@@H](O)[C@H]2O)c(=O)[nH]c1=O.[H-].[H-].[Na+].[Na+]. The van der Waals surface area contributed by atoms with Gasteiger partial charge in [0, 0.05) is 11.8 Å². The van der Waals surface area contributed by atoms with Gasteiger partial charge in [-0.15, -0.1) is 0 Å². The first-order valence-corrected chi connectivity index (χ1v) is 7.88. The standard InChI is InChI=1S/C10H15N2O9P.2Na.2H/c1-5-2-12(9(16)11-8(5)15)10(21-4-22(17,18)19)7(14)6(13)3-20-10;;;;/h2,6-7,13-14H,3-4H2,1H3,(H,11,15,16)(H2,17,18,19);;;;/q;2*+1;2*-1/t6-,7-,10+;;;;/m1..../s1. The Hall–Kier alpha value is 0.670. The van der Waals surface area contributed by atoms with Crippen LogP contribution in [0, 0.1) is 6.92 Å². The van der Waals surface area contributed by atoms with Crippen LogP contribution in [0.1, 0.15) is 8.42 Å². The fourth-order valence-electron chi connectivity index (χ4n) is 2.01. The molecule has 3 atom stereocenters. The van der Waals surface area contributed by atoms with E-state index in [2.05, 4.69) is 0 Å². The van der Waals surface area contributed by atoms with Crippen LogP contribution in [0.3, 0.4) is 0 Å². The zero-order chi connectivity index (χ0) is 16.7. The summed E-state index contributed by atoms with van der Waals surface area (Å²) in [6, 6.07) is 0. The fraction of sp³-hybridized carbons (Fsp3) is 0.600. The van der Waals surface area contributed by atoms with Crippen molar-refractivity contribution in [2.75, 3.05) is 13.0 Å². The third kappa shape index (κ3) is 5.10. The largest absolute Gasteiger partial charge is 1.00 e. The summed E-state index contributed by atoms with van der Waals surface area (Å²) in [5, 5.41) is 19.6. The number of H-pyrrole nitrogens is 1. The maximum Gasteiger partial charge on any atom is 1.00 e. The number of rotatable bonds is 4. The van der Waals surface area contributed by atoms with E-state index in [9.17, 15) is 24.4 Å². The summed E-state index contributed by atoms with van der Waals surface area (Å²) in [5.41, 5.74) is -1.65. The molecule has 1 saturated heterocycles. The molecule has 0 aromatic carbocycles. The molecule has 0 amide bonds. The average Bonchev–Trinajstić information content (AvgIpc) is 2.69. The van der Waals surface area contributed by atoms with Gasteiger partial charge in [0.25, 0.3) is 11.5 Å². The number of aryl methyl sites for hydroxylation is 1. The van der Waals surface area contributed by atoms with Crippen LogP contribution in [0.5, 0.6) is 0 Å². The van der Waals surface area contributed by atoms with Crippen LogP contribution in [0.2, 0.25) is 0 Å². The van der Waals surface area contributed by atoms with Gasteiger partial charge in [-0.25, -0.2) is 9.36 Å². The quantitative estimate of drug-likeness (QED) is 0.249. The van der Waals surface area contributed by atoms with Crippen molar-refractivity contribution in [1.29, 1.82) is 0 Å². The van der Waals surface area contributed by atoms with Gasteiger partial charge >= 0.3 is 72.4 Å². The topological polar surface area (TPSA) is 171 Å². The summed E-state index contributed by atoms with van der Waals surface area (Å²) in [6.07, 6.45) is -3.42. The Morgan fingerprint density at radius 1 is 1.46 bits per heavy atom. The molecule has 0 unspecified atom stereocenters. The third-order valence-electron chi connectivity index (χ3n) is 3.09. The van der Waals surface area contributed by atoms with Crippen LogP contribution < -0.4 is 70.4 Å². The molecule has 11 nitrogen and oxygen atoms in total. The average molecular weight is 386 g/mol. The van der Waals surface area contributed by atoms with Gasteiger partial charge in [-0.1, -0.05) is 0 Å². The van der Waals surface area contributed by atoms with E-state index in [0.717, 1.165) is 6.20 Å². The molecule has 1 aromatic heterocycles. The molecule has 2 heterocycles. The number of aromatic amines is 1. The summed E-state index contributed by atoms with van der Waals surface area (Å²) in [5.74, 6) is -2.35. The van der Waals surface area contributed by atoms with Crippen LogP contribution >= 0.6 is 7.60 Å². The molecule has 2 rings (SSSR count). The Kier molecular flexibility index (Phi) is 9.30. The Balaban J connectivity index is -0.00000132. The molecule has 24 heavy (non-hydrogen) atoms. The van der Waals surface area contributed by atoms with Gasteiger partial charge in [-0.05, 0) is 6.92 Å². The van der Waals surface area contributed by atoms with Crippen molar-refractivity contribution >= 4 is 7.60 Å². The second kappa shape index (κ2) is 9.05. The molecule has 1 aliphatic heterocycles. The molecule has 0 spiro atoms. The zero-order valence-electron chi connectivity index (χ0n) is 15.4. The Morgan fingerprint density at radius 2 is 2.04 bits per heavy atom. The minimum absolute atomic E-state index is 0. The zero-order valence-corrected chi connectivity index (χ0v) is 18.3. The second-order valence-corrected chi connectivity index (χ2v) is 6.42. The van der Waals surface area contributed by atoms with Crippen molar-refractivity contribution in [3.8, 4) is 0 Å². The van der Waals surface area contributed by atoms with Gasteiger partial charge < -0.3 is 32.3 Å². The fourth-order valence-corrected chi connectivity index (χ4v) is 2.36. The van der Waals surface area contributed by atoms with Gasteiger partial charge in [-0.3, -0.25) is 14.3 Å². The van der Waals surface area contributed by atoms with Crippen LogP contribution in [0.15, 0.2) is 15.8 Å². The summed E-state index contributed by atoms with van der Waals surface area (Å²) >= 11 is 0. The summed E-state index contributed by atoms with van der Waals surface area (Å²) in [7, 11) is -4.65. The van der Waals surface area contributed by atoms with Crippen LogP contribution in [0.4, 0.5) is 0 Å². The molecular weight excluding hydrogens is 369 g/mol. The first kappa shape index (κ1) is 24.7. The Bertz CT molecular complexity index is 742. The minimum atomic E-state index is -4.65. The number of nitrogens with one attached hydrogen (secondary N) is 1. The van der Waals surface area contributed by atoms with E-state index >= 15 is 0 Å². The van der Waals surface area contributed by atoms with Crippen molar-refractivity contribution in [3.05, 3.63) is 32.6 Å². The summed E-state index contributed by atoms with van der Waals surface area (Å²) < 4.78 is 21.7. The van der Waals surface area contributed by atoms with E-state index in [1.807, 2.05) is 4.98 Å². The number of aliphatic hydroxyl groups is 2. The van der Waals surface area contributed by atoms with Crippen LogP contribution in [-0.2, 0) is 19.9 Å².